The maximum Gasteiger partial charge on any atom is 0.264 e. The number of morpholine rings is 1. The highest BCUT2D eigenvalue weighted by Crippen LogP contribution is 2.39. The Morgan fingerprint density at radius 1 is 1.00 bits per heavy atom. The number of hydrogen-bond donors (Lipinski definition) is 1. The van der Waals surface area contributed by atoms with Crippen molar-refractivity contribution in [2.45, 2.75) is 45.4 Å². The van der Waals surface area contributed by atoms with E-state index in [1.54, 1.807) is 4.90 Å². The largest absolute Gasteiger partial charge is 0.372 e. The zero-order valence-corrected chi connectivity index (χ0v) is 25.2. The van der Waals surface area contributed by atoms with Crippen molar-refractivity contribution in [3.63, 3.8) is 0 Å². The Morgan fingerprint density at radius 2 is 1.66 bits per heavy atom. The first-order valence-corrected chi connectivity index (χ1v) is 14.3. The van der Waals surface area contributed by atoms with Crippen LogP contribution in [0.15, 0.2) is 35.5 Å². The van der Waals surface area contributed by atoms with Crippen molar-refractivity contribution < 1.29 is 27.1 Å². The number of carbonyl (C=O) groups excluding carboxylic acids is 1. The molecular formula is C30H35F4N7O3. The summed E-state index contributed by atoms with van der Waals surface area (Å²) < 4.78 is 66.6. The number of nitrogens with one attached hydrogen (secondary N) is 1. The molecule has 2 aliphatic rings. The van der Waals surface area contributed by atoms with Crippen LogP contribution in [-0.4, -0.2) is 83.4 Å². The third-order valence-electron chi connectivity index (χ3n) is 8.11. The predicted octanol–water partition coefficient (Wildman–Crippen LogP) is 4.06. The van der Waals surface area contributed by atoms with Gasteiger partial charge in [0.25, 0.3) is 17.9 Å². The minimum Gasteiger partial charge on any atom is -0.372 e. The monoisotopic (exact) mass is 617 g/mol. The van der Waals surface area contributed by atoms with Crippen LogP contribution < -0.4 is 20.7 Å². The molecule has 236 valence electrons. The average molecular weight is 618 g/mol. The number of aromatic nitrogens is 3. The van der Waals surface area contributed by atoms with Gasteiger partial charge in [-0.3, -0.25) is 9.59 Å². The molecule has 0 unspecified atom stereocenters. The number of anilines is 3. The Bertz CT molecular complexity index is 1590. The van der Waals surface area contributed by atoms with Gasteiger partial charge in [-0.1, -0.05) is 0 Å². The fraction of sp³-hybridized carbons (Fsp3) is 0.467. The van der Waals surface area contributed by atoms with Gasteiger partial charge in [-0.15, -0.1) is 0 Å². The Morgan fingerprint density at radius 3 is 2.27 bits per heavy atom. The first-order chi connectivity index (χ1) is 20.8. The maximum absolute atomic E-state index is 16.5. The molecule has 4 heterocycles. The van der Waals surface area contributed by atoms with E-state index in [4.69, 9.17) is 4.74 Å². The van der Waals surface area contributed by atoms with Crippen molar-refractivity contribution in [1.29, 1.82) is 0 Å². The van der Waals surface area contributed by atoms with E-state index in [2.05, 4.69) is 20.2 Å². The molecule has 3 aromatic rings. The Hall–Kier alpha value is -4.04. The molecule has 0 spiro atoms. The lowest BCUT2D eigenvalue weighted by Crippen LogP contribution is -2.50. The summed E-state index contributed by atoms with van der Waals surface area (Å²) in [4.78, 5) is 39.9. The molecule has 10 nitrogen and oxygen atoms in total. The third-order valence-corrected chi connectivity index (χ3v) is 8.11. The molecule has 2 aromatic heterocycles. The molecule has 1 aromatic carbocycles. The van der Waals surface area contributed by atoms with Gasteiger partial charge in [-0.2, -0.15) is 0 Å². The van der Waals surface area contributed by atoms with Crippen molar-refractivity contribution in [1.82, 2.24) is 19.4 Å². The zero-order valence-electron chi connectivity index (χ0n) is 25.2. The molecule has 2 saturated heterocycles. The second-order valence-electron chi connectivity index (χ2n) is 11.5. The number of piperazine rings is 1. The summed E-state index contributed by atoms with van der Waals surface area (Å²) in [6.45, 7) is 8.30. The summed E-state index contributed by atoms with van der Waals surface area (Å²) in [7, 11) is 3.24. The summed E-state index contributed by atoms with van der Waals surface area (Å²) in [5.74, 6) is -2.70. The van der Waals surface area contributed by atoms with Crippen molar-refractivity contribution in [2.24, 2.45) is 7.05 Å². The SMILES string of the molecule is C[C@@H]1CN(c2ncc(-c3c(F)cc(N4CCN(C)[C@@H](C)C4)c(NC(=O)c4cn(C)c(=O)cc4C(F)F)c3F)cn2)C[C@@H](C)O1. The lowest BCUT2D eigenvalue weighted by Gasteiger charge is -2.39. The van der Waals surface area contributed by atoms with Crippen molar-refractivity contribution in [3.05, 3.63) is 63.8 Å². The fourth-order valence-corrected chi connectivity index (χ4v) is 5.66. The Labute approximate surface area is 252 Å². The van der Waals surface area contributed by atoms with Gasteiger partial charge >= 0.3 is 0 Å². The standard InChI is InChI=1S/C30H35F4N7O3/c1-16-12-40(7-6-38(16)4)23-9-22(31)25(19-10-35-30(36-11-19)41-13-17(2)44-18(3)14-41)26(32)27(23)37-29(43)21-15-39(5)24(42)8-20(21)28(33)34/h8-11,15-18,28H,6-7,12-14H2,1-5H3,(H,37,43)/t16-,17+,18+/m0/s1. The van der Waals surface area contributed by atoms with Gasteiger partial charge in [0, 0.05) is 87.7 Å². The molecule has 0 bridgehead atoms. The molecule has 1 N–H and O–H groups in total. The smallest absolute Gasteiger partial charge is 0.264 e. The number of rotatable bonds is 6. The number of benzene rings is 1. The fourth-order valence-electron chi connectivity index (χ4n) is 5.66. The molecule has 0 aliphatic carbocycles. The molecule has 0 radical (unpaired) electrons. The first kappa shape index (κ1) is 31.4. The topological polar surface area (TPSA) is 95.8 Å². The highest BCUT2D eigenvalue weighted by Gasteiger charge is 2.30. The number of hydrogen-bond acceptors (Lipinski definition) is 8. The van der Waals surface area contributed by atoms with E-state index in [1.807, 2.05) is 32.7 Å². The molecule has 1 amide bonds. The second-order valence-corrected chi connectivity index (χ2v) is 11.5. The first-order valence-electron chi connectivity index (χ1n) is 14.3. The minimum atomic E-state index is -3.13. The van der Waals surface area contributed by atoms with Crippen LogP contribution in [0.4, 0.5) is 34.9 Å². The summed E-state index contributed by atoms with van der Waals surface area (Å²) in [5, 5.41) is 2.42. The van der Waals surface area contributed by atoms with E-state index in [-0.39, 0.29) is 35.2 Å². The van der Waals surface area contributed by atoms with Crippen LogP contribution >= 0.6 is 0 Å². The van der Waals surface area contributed by atoms with Crippen LogP contribution in [0, 0.1) is 11.6 Å². The molecule has 5 rings (SSSR count). The molecule has 0 saturated carbocycles. The van der Waals surface area contributed by atoms with Gasteiger partial charge < -0.3 is 29.3 Å². The number of nitrogens with zero attached hydrogens (tertiary/aromatic N) is 6. The Kier molecular flexibility index (Phi) is 8.93. The number of amides is 1. The van der Waals surface area contributed by atoms with Gasteiger partial charge in [-0.25, -0.2) is 27.5 Å². The van der Waals surface area contributed by atoms with Crippen LogP contribution in [0.5, 0.6) is 0 Å². The quantitative estimate of drug-likeness (QED) is 0.414. The number of halogens is 4. The van der Waals surface area contributed by atoms with Gasteiger partial charge in [0.05, 0.1) is 29.0 Å². The number of carbonyl (C=O) groups is 1. The van der Waals surface area contributed by atoms with Gasteiger partial charge in [0.15, 0.2) is 5.82 Å². The average Bonchev–Trinajstić information content (AvgIpc) is 2.96. The molecule has 2 fully saturated rings. The summed E-state index contributed by atoms with van der Waals surface area (Å²) in [6.07, 6.45) is 0.346. The molecule has 44 heavy (non-hydrogen) atoms. The lowest BCUT2D eigenvalue weighted by atomic mass is 10.0. The highest BCUT2D eigenvalue weighted by atomic mass is 19.3. The van der Waals surface area contributed by atoms with Crippen LogP contribution in [0.1, 0.15) is 43.1 Å². The van der Waals surface area contributed by atoms with Crippen LogP contribution in [0.3, 0.4) is 0 Å². The van der Waals surface area contributed by atoms with Crippen molar-refractivity contribution in [2.75, 3.05) is 54.9 Å². The van der Waals surface area contributed by atoms with E-state index >= 15 is 8.78 Å². The number of ether oxygens (including phenoxy) is 1. The Balaban J connectivity index is 1.57. The van der Waals surface area contributed by atoms with Gasteiger partial charge in [0.2, 0.25) is 5.95 Å². The van der Waals surface area contributed by atoms with Gasteiger partial charge in [0.1, 0.15) is 11.5 Å². The molecule has 14 heteroatoms. The summed E-state index contributed by atoms with van der Waals surface area (Å²) in [6, 6.07) is 1.82. The van der Waals surface area contributed by atoms with E-state index in [9.17, 15) is 18.4 Å². The third kappa shape index (κ3) is 6.27. The van der Waals surface area contributed by atoms with Crippen LogP contribution in [-0.2, 0) is 11.8 Å². The van der Waals surface area contributed by atoms with E-state index in [0.29, 0.717) is 44.7 Å². The van der Waals surface area contributed by atoms with Crippen LogP contribution in [0.2, 0.25) is 0 Å². The highest BCUT2D eigenvalue weighted by molar-refractivity contribution is 6.07. The second kappa shape index (κ2) is 12.5. The summed E-state index contributed by atoms with van der Waals surface area (Å²) in [5.41, 5.74) is -2.79. The zero-order chi connectivity index (χ0) is 31.9. The molecule has 2 aliphatic heterocycles. The van der Waals surface area contributed by atoms with Crippen molar-refractivity contribution >= 4 is 23.2 Å². The molecular weight excluding hydrogens is 582 g/mol. The number of alkyl halides is 2. The van der Waals surface area contributed by atoms with E-state index in [1.165, 1.54) is 19.4 Å². The number of pyridine rings is 1. The normalized spacial score (nSPS) is 21.2. The molecule has 3 atom stereocenters. The predicted molar refractivity (Wildman–Crippen MR) is 159 cm³/mol. The van der Waals surface area contributed by atoms with Crippen molar-refractivity contribution in [3.8, 4) is 11.1 Å². The maximum atomic E-state index is 16.5. The minimum absolute atomic E-state index is 0.0266. The number of likely N-dealkylation sites (N-methyl/N-ethyl adjacent to an activating group) is 1. The summed E-state index contributed by atoms with van der Waals surface area (Å²) >= 11 is 0. The lowest BCUT2D eigenvalue weighted by molar-refractivity contribution is -0.00572. The van der Waals surface area contributed by atoms with Gasteiger partial charge in [-0.05, 0) is 27.8 Å². The number of aryl methyl sites for hydroxylation is 1. The van der Waals surface area contributed by atoms with E-state index in [0.717, 1.165) is 16.8 Å². The van der Waals surface area contributed by atoms with E-state index < -0.39 is 46.2 Å². The van der Waals surface area contributed by atoms with Crippen LogP contribution in [0.25, 0.3) is 11.1 Å².